The molecular formula is C34H26F4N4O6S. The number of hydrogen-bond donors (Lipinski definition) is 1. The first-order valence-corrected chi connectivity index (χ1v) is 15.3. The van der Waals surface area contributed by atoms with Crippen LogP contribution in [0.5, 0.6) is 11.5 Å². The molecule has 0 aliphatic carbocycles. The summed E-state index contributed by atoms with van der Waals surface area (Å²) in [6.07, 6.45) is -2.78. The highest BCUT2D eigenvalue weighted by atomic mass is 32.1. The number of carbonyl (C=O) groups is 3. The van der Waals surface area contributed by atoms with Crippen molar-refractivity contribution in [1.29, 1.82) is 5.26 Å². The Morgan fingerprint density at radius 1 is 1.04 bits per heavy atom. The van der Waals surface area contributed by atoms with Crippen LogP contribution in [0.3, 0.4) is 0 Å². The molecule has 0 saturated carbocycles. The van der Waals surface area contributed by atoms with Crippen LogP contribution in [0.15, 0.2) is 65.3 Å². The monoisotopic (exact) mass is 694 g/mol. The number of thiocarbonyl (C=S) groups is 1. The van der Waals surface area contributed by atoms with Crippen LogP contribution in [0.4, 0.5) is 28.9 Å². The summed E-state index contributed by atoms with van der Waals surface area (Å²) in [5.41, 5.74) is -2.06. The summed E-state index contributed by atoms with van der Waals surface area (Å²) in [7, 11) is 0. The van der Waals surface area contributed by atoms with E-state index in [1.54, 1.807) is 18.2 Å². The van der Waals surface area contributed by atoms with Gasteiger partial charge >= 0.3 is 6.18 Å². The summed E-state index contributed by atoms with van der Waals surface area (Å²) in [5.74, 6) is -2.35. The lowest BCUT2D eigenvalue weighted by molar-refractivity contribution is -0.138. The predicted octanol–water partition coefficient (Wildman–Crippen LogP) is 6.36. The van der Waals surface area contributed by atoms with Gasteiger partial charge in [-0.2, -0.15) is 18.4 Å². The number of rotatable bonds is 8. The van der Waals surface area contributed by atoms with Gasteiger partial charge in [0.2, 0.25) is 11.8 Å². The van der Waals surface area contributed by atoms with E-state index in [1.165, 1.54) is 49.3 Å². The summed E-state index contributed by atoms with van der Waals surface area (Å²) in [6, 6.07) is 13.3. The average Bonchev–Trinajstić information content (AvgIpc) is 3.53. The minimum atomic E-state index is -4.85. The van der Waals surface area contributed by atoms with Crippen molar-refractivity contribution < 1.29 is 45.8 Å². The molecule has 0 bridgehead atoms. The van der Waals surface area contributed by atoms with E-state index in [2.05, 4.69) is 5.32 Å². The molecule has 15 heteroatoms. The molecular weight excluding hydrogens is 668 g/mol. The van der Waals surface area contributed by atoms with Gasteiger partial charge in [-0.1, -0.05) is 0 Å². The van der Waals surface area contributed by atoms with Gasteiger partial charge in [0, 0.05) is 29.1 Å². The number of nitriles is 1. The molecule has 1 atom stereocenters. The Bertz CT molecular complexity index is 2070. The molecule has 0 radical (unpaired) electrons. The van der Waals surface area contributed by atoms with Gasteiger partial charge in [0.05, 0.1) is 35.1 Å². The number of nitrogens with one attached hydrogen (secondary N) is 1. The Labute approximate surface area is 281 Å². The first-order chi connectivity index (χ1) is 23.2. The summed E-state index contributed by atoms with van der Waals surface area (Å²) >= 11 is 5.51. The summed E-state index contributed by atoms with van der Waals surface area (Å²) in [6.45, 7) is 2.98. The third-order valence-electron chi connectivity index (χ3n) is 8.33. The maximum Gasteiger partial charge on any atom is 0.417 e. The molecule has 10 nitrogen and oxygen atoms in total. The molecule has 3 amide bonds. The van der Waals surface area contributed by atoms with Crippen LogP contribution in [0, 0.1) is 17.1 Å². The fraction of sp³-hybridized carbons (Fsp3) is 0.265. The van der Waals surface area contributed by atoms with Crippen LogP contribution < -0.4 is 24.6 Å². The number of benzene rings is 3. The smallest absolute Gasteiger partial charge is 0.417 e. The Kier molecular flexibility index (Phi) is 8.53. The molecule has 49 heavy (non-hydrogen) atoms. The first-order valence-electron chi connectivity index (χ1n) is 14.9. The summed E-state index contributed by atoms with van der Waals surface area (Å²) in [4.78, 5) is 39.6. The number of nitrogens with zero attached hydrogens (tertiary/aromatic N) is 3. The van der Waals surface area contributed by atoms with E-state index < -0.39 is 46.4 Å². The standard InChI is InChI=1S/C34H26F4N4O6S/c1-33(2)31(45)41(19-4-3-18(16-39)25(13-19)34(36,37)38)32(49)42(33)20-5-8-28(26(35)14-20)47-12-11-46-21-6-9-27-23(15-21)24(17-48-27)22-7-10-29(43)40-30(22)44/h3-6,8-9,13-15,17,22H,7,10-12H2,1-2H3,(H,40,43,44). The van der Waals surface area contributed by atoms with Gasteiger partial charge in [-0.05, 0) is 81.0 Å². The predicted molar refractivity (Wildman–Crippen MR) is 172 cm³/mol. The molecule has 2 fully saturated rings. The molecule has 1 aromatic heterocycles. The second kappa shape index (κ2) is 12.5. The molecule has 3 aromatic carbocycles. The number of halogens is 4. The lowest BCUT2D eigenvalue weighted by atomic mass is 9.90. The summed E-state index contributed by atoms with van der Waals surface area (Å²) in [5, 5.41) is 12.0. The molecule has 1 N–H and O–H groups in total. The van der Waals surface area contributed by atoms with Gasteiger partial charge < -0.3 is 18.8 Å². The second-order valence-corrected chi connectivity index (χ2v) is 12.2. The minimum Gasteiger partial charge on any atom is -0.490 e. The number of amides is 3. The van der Waals surface area contributed by atoms with Crippen molar-refractivity contribution in [3.63, 3.8) is 0 Å². The van der Waals surface area contributed by atoms with Crippen molar-refractivity contribution in [3.05, 3.63) is 83.4 Å². The fourth-order valence-corrected chi connectivity index (χ4v) is 6.42. The van der Waals surface area contributed by atoms with E-state index in [-0.39, 0.29) is 47.8 Å². The lowest BCUT2D eigenvalue weighted by Crippen LogP contribution is -2.44. The van der Waals surface area contributed by atoms with Crippen LogP contribution in [-0.4, -0.2) is 41.6 Å². The van der Waals surface area contributed by atoms with Crippen molar-refractivity contribution >= 4 is 57.4 Å². The van der Waals surface area contributed by atoms with Crippen LogP contribution in [0.1, 0.15) is 49.3 Å². The van der Waals surface area contributed by atoms with Gasteiger partial charge in [-0.15, -0.1) is 0 Å². The third kappa shape index (κ3) is 6.15. The number of ether oxygens (including phenoxy) is 2. The van der Waals surface area contributed by atoms with Crippen molar-refractivity contribution in [1.82, 2.24) is 5.32 Å². The van der Waals surface area contributed by atoms with E-state index in [1.807, 2.05) is 0 Å². The lowest BCUT2D eigenvalue weighted by Gasteiger charge is -2.29. The Hall–Kier alpha value is -5.49. The van der Waals surface area contributed by atoms with E-state index in [0.29, 0.717) is 34.8 Å². The highest BCUT2D eigenvalue weighted by molar-refractivity contribution is 7.81. The van der Waals surface area contributed by atoms with Gasteiger partial charge in [-0.3, -0.25) is 24.6 Å². The van der Waals surface area contributed by atoms with Gasteiger partial charge in [-0.25, -0.2) is 4.39 Å². The molecule has 252 valence electrons. The number of carbonyl (C=O) groups excluding carboxylic acids is 3. The van der Waals surface area contributed by atoms with Gasteiger partial charge in [0.25, 0.3) is 5.91 Å². The van der Waals surface area contributed by atoms with Gasteiger partial charge in [0.15, 0.2) is 16.7 Å². The molecule has 2 aliphatic heterocycles. The van der Waals surface area contributed by atoms with E-state index >= 15 is 4.39 Å². The quantitative estimate of drug-likeness (QED) is 0.0972. The number of imide groups is 1. The van der Waals surface area contributed by atoms with Crippen molar-refractivity contribution in [2.75, 3.05) is 23.0 Å². The summed E-state index contributed by atoms with van der Waals surface area (Å²) < 4.78 is 73.1. The molecule has 0 spiro atoms. The zero-order valence-corrected chi connectivity index (χ0v) is 26.7. The number of hydrogen-bond acceptors (Lipinski definition) is 8. The van der Waals surface area contributed by atoms with Crippen molar-refractivity contribution in [3.8, 4) is 17.6 Å². The molecule has 2 aliphatic rings. The zero-order chi connectivity index (χ0) is 35.2. The van der Waals surface area contributed by atoms with E-state index in [9.17, 15) is 27.6 Å². The second-order valence-electron chi connectivity index (χ2n) is 11.8. The average molecular weight is 695 g/mol. The maximum absolute atomic E-state index is 15.3. The van der Waals surface area contributed by atoms with Crippen LogP contribution in [-0.2, 0) is 20.6 Å². The van der Waals surface area contributed by atoms with Crippen molar-refractivity contribution in [2.24, 2.45) is 0 Å². The SMILES string of the molecule is CC1(C)C(=O)N(c2ccc(C#N)c(C(F)(F)F)c2)C(=S)N1c1ccc(OCCOc2ccc3occ(C4CCC(=O)NC4=O)c3c2)c(F)c1. The highest BCUT2D eigenvalue weighted by Crippen LogP contribution is 2.40. The minimum absolute atomic E-state index is 0.0233. The molecule has 6 rings (SSSR count). The Morgan fingerprint density at radius 3 is 2.47 bits per heavy atom. The third-order valence-corrected chi connectivity index (χ3v) is 8.69. The normalized spacial score (nSPS) is 17.8. The van der Waals surface area contributed by atoms with E-state index in [4.69, 9.17) is 31.4 Å². The Morgan fingerprint density at radius 2 is 1.78 bits per heavy atom. The topological polar surface area (TPSA) is 125 Å². The largest absolute Gasteiger partial charge is 0.490 e. The first kappa shape index (κ1) is 33.4. The van der Waals surface area contributed by atoms with Crippen molar-refractivity contribution in [2.45, 2.75) is 44.3 Å². The molecule has 3 heterocycles. The van der Waals surface area contributed by atoms with Gasteiger partial charge in [0.1, 0.15) is 30.1 Å². The number of anilines is 2. The molecule has 4 aromatic rings. The molecule has 2 saturated heterocycles. The number of furan rings is 1. The fourth-order valence-electron chi connectivity index (χ4n) is 5.89. The number of fused-ring (bicyclic) bond motifs is 1. The number of alkyl halides is 3. The van der Waals surface area contributed by atoms with E-state index in [0.717, 1.165) is 17.0 Å². The van der Waals surface area contributed by atoms with Crippen LogP contribution in [0.25, 0.3) is 11.0 Å². The number of piperidine rings is 1. The highest BCUT2D eigenvalue weighted by Gasteiger charge is 2.51. The Balaban J connectivity index is 1.13. The molecule has 1 unspecified atom stereocenters. The zero-order valence-electron chi connectivity index (χ0n) is 25.9. The maximum atomic E-state index is 15.3. The van der Waals surface area contributed by atoms with Crippen LogP contribution >= 0.6 is 12.2 Å². The van der Waals surface area contributed by atoms with Crippen LogP contribution in [0.2, 0.25) is 0 Å².